The summed E-state index contributed by atoms with van der Waals surface area (Å²) in [4.78, 5) is 12.6. The van der Waals surface area contributed by atoms with Gasteiger partial charge in [-0.05, 0) is 30.7 Å². The minimum Gasteiger partial charge on any atom is -0.530 e. The Morgan fingerprint density at radius 1 is 1.25 bits per heavy atom. The predicted octanol–water partition coefficient (Wildman–Crippen LogP) is 2.71. The Morgan fingerprint density at radius 3 is 2.67 bits per heavy atom. The van der Waals surface area contributed by atoms with Crippen LogP contribution in [0.1, 0.15) is 5.56 Å². The van der Waals surface area contributed by atoms with Gasteiger partial charge in [0.25, 0.3) is 0 Å². The second kappa shape index (κ2) is 6.72. The zero-order valence-electron chi connectivity index (χ0n) is 12.9. The first-order chi connectivity index (χ1) is 11.5. The molecule has 0 aliphatic carbocycles. The van der Waals surface area contributed by atoms with Crippen molar-refractivity contribution in [1.29, 1.82) is 0 Å². The van der Waals surface area contributed by atoms with E-state index in [9.17, 15) is 9.90 Å². The van der Waals surface area contributed by atoms with E-state index in [1.165, 1.54) is 4.68 Å². The van der Waals surface area contributed by atoms with Gasteiger partial charge in [-0.3, -0.25) is 0 Å². The van der Waals surface area contributed by atoms with Gasteiger partial charge in [0, 0.05) is 16.3 Å². The topological polar surface area (TPSA) is 74.1 Å². The third kappa shape index (κ3) is 3.38. The average molecular weight is 342 g/mol. The van der Waals surface area contributed by atoms with Gasteiger partial charge in [-0.25, -0.2) is 4.68 Å². The Bertz CT molecular complexity index is 864. The zero-order valence-corrected chi connectivity index (χ0v) is 13.6. The summed E-state index contributed by atoms with van der Waals surface area (Å²) >= 11 is 5.99. The molecule has 3 rings (SSSR count). The Labute approximate surface area is 143 Å². The summed E-state index contributed by atoms with van der Waals surface area (Å²) in [5, 5.41) is 20.1. The summed E-state index contributed by atoms with van der Waals surface area (Å²) in [5.74, 6) is 0. The number of hydrogen-bond donors (Lipinski definition) is 0. The quantitative estimate of drug-likeness (QED) is 0.731. The van der Waals surface area contributed by atoms with Crippen LogP contribution in [-0.4, -0.2) is 21.1 Å². The van der Waals surface area contributed by atoms with E-state index in [0.29, 0.717) is 16.4 Å². The Hall–Kier alpha value is -2.86. The first kappa shape index (κ1) is 16.0. The van der Waals surface area contributed by atoms with Crippen molar-refractivity contribution >= 4 is 23.4 Å². The van der Waals surface area contributed by atoms with Crippen LogP contribution in [0.3, 0.4) is 0 Å². The normalized spacial score (nSPS) is 10.6. The average Bonchev–Trinajstić information content (AvgIpc) is 3.05. The highest BCUT2D eigenvalue weighted by Crippen LogP contribution is 2.23. The van der Waals surface area contributed by atoms with Gasteiger partial charge in [0.15, 0.2) is 0 Å². The number of carboxylic acid groups (broad SMARTS) is 1. The fraction of sp³-hybridized carbons (Fsp3) is 0.118. The minimum absolute atomic E-state index is 0.0246. The lowest BCUT2D eigenvalue weighted by atomic mass is 10.2. The fourth-order valence-corrected chi connectivity index (χ4v) is 2.41. The van der Waals surface area contributed by atoms with Crippen LogP contribution in [0.25, 0.3) is 11.3 Å². The van der Waals surface area contributed by atoms with Crippen molar-refractivity contribution in [2.45, 2.75) is 13.6 Å². The van der Waals surface area contributed by atoms with E-state index in [4.69, 9.17) is 11.6 Å². The van der Waals surface area contributed by atoms with Crippen LogP contribution in [0, 0.1) is 6.92 Å². The Kier molecular flexibility index (Phi) is 4.48. The Balaban J connectivity index is 1.85. The lowest BCUT2D eigenvalue weighted by Crippen LogP contribution is -2.42. The van der Waals surface area contributed by atoms with Crippen molar-refractivity contribution in [3.05, 3.63) is 65.3 Å². The molecule has 1 aromatic heterocycles. The second-order valence-electron chi connectivity index (χ2n) is 5.28. The standard InChI is InChI=1S/C17H15ClN4O2/c1-12-9-14(7-8-15(12)18)22(17(23)24)11-21-10-16(19-20-21)13-5-3-2-4-6-13/h2-10H,11H2,1H3,(H,23,24)/p-1. The third-order valence-electron chi connectivity index (χ3n) is 3.57. The van der Waals surface area contributed by atoms with Gasteiger partial charge in [0.05, 0.1) is 6.20 Å². The molecule has 0 radical (unpaired) electrons. The van der Waals surface area contributed by atoms with E-state index in [1.54, 1.807) is 24.4 Å². The van der Waals surface area contributed by atoms with Crippen LogP contribution in [0.5, 0.6) is 0 Å². The first-order valence-corrected chi connectivity index (χ1v) is 7.62. The summed E-state index contributed by atoms with van der Waals surface area (Å²) in [5.41, 5.74) is 2.82. The molecule has 0 saturated heterocycles. The predicted molar refractivity (Wildman–Crippen MR) is 89.5 cm³/mol. The van der Waals surface area contributed by atoms with Gasteiger partial charge in [-0.1, -0.05) is 47.1 Å². The summed E-state index contributed by atoms with van der Waals surface area (Å²) in [6, 6.07) is 14.5. The van der Waals surface area contributed by atoms with Crippen LogP contribution in [0.4, 0.5) is 10.5 Å². The van der Waals surface area contributed by atoms with Gasteiger partial charge < -0.3 is 14.8 Å². The third-order valence-corrected chi connectivity index (χ3v) is 3.99. The smallest absolute Gasteiger partial charge is 0.143 e. The molecular weight excluding hydrogens is 328 g/mol. The van der Waals surface area contributed by atoms with Gasteiger partial charge in [-0.2, -0.15) is 0 Å². The summed E-state index contributed by atoms with van der Waals surface area (Å²) in [6.45, 7) is 1.78. The highest BCUT2D eigenvalue weighted by atomic mass is 35.5. The SMILES string of the molecule is Cc1cc(N(Cn2cc(-c3ccccc3)nn2)C(=O)[O-])ccc1Cl. The number of nitrogens with zero attached hydrogens (tertiary/aromatic N) is 4. The molecule has 0 unspecified atom stereocenters. The van der Waals surface area contributed by atoms with Crippen LogP contribution >= 0.6 is 11.6 Å². The molecule has 0 fully saturated rings. The van der Waals surface area contributed by atoms with Crippen molar-refractivity contribution in [3.8, 4) is 11.3 Å². The van der Waals surface area contributed by atoms with Crippen molar-refractivity contribution in [2.24, 2.45) is 0 Å². The molecular formula is C17H14ClN4O2-. The number of rotatable bonds is 4. The van der Waals surface area contributed by atoms with E-state index in [0.717, 1.165) is 16.0 Å². The molecule has 0 atom stereocenters. The molecule has 1 heterocycles. The number of aromatic nitrogens is 3. The maximum Gasteiger partial charge on any atom is 0.143 e. The molecule has 0 aliphatic rings. The molecule has 0 saturated carbocycles. The lowest BCUT2D eigenvalue weighted by molar-refractivity contribution is -0.247. The monoisotopic (exact) mass is 341 g/mol. The number of aryl methyl sites for hydroxylation is 1. The maximum absolute atomic E-state index is 11.5. The van der Waals surface area contributed by atoms with Gasteiger partial charge in [0.2, 0.25) is 0 Å². The number of hydrogen-bond acceptors (Lipinski definition) is 4. The number of anilines is 1. The van der Waals surface area contributed by atoms with E-state index >= 15 is 0 Å². The molecule has 24 heavy (non-hydrogen) atoms. The summed E-state index contributed by atoms with van der Waals surface area (Å²) < 4.78 is 1.45. The molecule has 0 bridgehead atoms. The van der Waals surface area contributed by atoms with Crippen molar-refractivity contribution in [1.82, 2.24) is 15.0 Å². The molecule has 3 aromatic rings. The summed E-state index contributed by atoms with van der Waals surface area (Å²) in [7, 11) is 0. The molecule has 0 N–H and O–H groups in total. The number of carbonyl (C=O) groups excluding carboxylic acids is 1. The molecule has 0 spiro atoms. The van der Waals surface area contributed by atoms with Gasteiger partial charge >= 0.3 is 0 Å². The van der Waals surface area contributed by atoms with Crippen molar-refractivity contribution in [2.75, 3.05) is 4.90 Å². The fourth-order valence-electron chi connectivity index (χ4n) is 2.30. The number of halogens is 1. The van der Waals surface area contributed by atoms with E-state index in [-0.39, 0.29) is 6.67 Å². The molecule has 0 aliphatic heterocycles. The molecule has 122 valence electrons. The van der Waals surface area contributed by atoms with Crippen LogP contribution in [0.2, 0.25) is 5.02 Å². The minimum atomic E-state index is -1.33. The number of amides is 1. The number of carbonyl (C=O) groups is 1. The summed E-state index contributed by atoms with van der Waals surface area (Å²) in [6.07, 6.45) is 0.363. The largest absolute Gasteiger partial charge is 0.530 e. The van der Waals surface area contributed by atoms with Gasteiger partial charge in [-0.15, -0.1) is 5.10 Å². The Morgan fingerprint density at radius 2 is 2.00 bits per heavy atom. The number of benzene rings is 2. The van der Waals surface area contributed by atoms with Crippen molar-refractivity contribution in [3.63, 3.8) is 0 Å². The lowest BCUT2D eigenvalue weighted by Gasteiger charge is -2.25. The highest BCUT2D eigenvalue weighted by Gasteiger charge is 2.12. The molecule has 6 nitrogen and oxygen atoms in total. The van der Waals surface area contributed by atoms with Crippen LogP contribution in [0.15, 0.2) is 54.7 Å². The molecule has 1 amide bonds. The van der Waals surface area contributed by atoms with E-state index in [2.05, 4.69) is 10.3 Å². The second-order valence-corrected chi connectivity index (χ2v) is 5.69. The molecule has 2 aromatic carbocycles. The van der Waals surface area contributed by atoms with E-state index in [1.807, 2.05) is 37.3 Å². The molecule has 7 heteroatoms. The zero-order chi connectivity index (χ0) is 17.1. The maximum atomic E-state index is 11.5. The van der Waals surface area contributed by atoms with Gasteiger partial charge in [0.1, 0.15) is 18.5 Å². The van der Waals surface area contributed by atoms with Crippen LogP contribution in [-0.2, 0) is 6.67 Å². The highest BCUT2D eigenvalue weighted by molar-refractivity contribution is 6.31. The van der Waals surface area contributed by atoms with E-state index < -0.39 is 6.09 Å². The first-order valence-electron chi connectivity index (χ1n) is 7.25. The van der Waals surface area contributed by atoms with Crippen LogP contribution < -0.4 is 10.0 Å². The van der Waals surface area contributed by atoms with Crippen molar-refractivity contribution < 1.29 is 9.90 Å².